The number of aromatic nitrogens is 4. The van der Waals surface area contributed by atoms with Gasteiger partial charge in [0.1, 0.15) is 5.69 Å². The number of carbonyl (C=O) groups is 1. The van der Waals surface area contributed by atoms with E-state index in [2.05, 4.69) is 25.4 Å². The quantitative estimate of drug-likeness (QED) is 0.360. The van der Waals surface area contributed by atoms with E-state index >= 15 is 0 Å². The molecule has 0 aliphatic carbocycles. The van der Waals surface area contributed by atoms with Crippen molar-refractivity contribution in [2.24, 2.45) is 0 Å². The number of anilines is 1. The molecular formula is C26H26N6O4. The van der Waals surface area contributed by atoms with Crippen LogP contribution in [-0.4, -0.2) is 60.8 Å². The Bertz CT molecular complexity index is 1380. The number of likely N-dealkylation sites (N-methyl/N-ethyl adjacent to an activating group) is 1. The Morgan fingerprint density at radius 3 is 2.44 bits per heavy atom. The molecule has 4 heterocycles. The lowest BCUT2D eigenvalue weighted by atomic mass is 9.98. The van der Waals surface area contributed by atoms with E-state index in [1.54, 1.807) is 38.4 Å². The first kappa shape index (κ1) is 23.6. The number of carbonyl (C=O) groups excluding carboxylic acids is 1. The molecule has 184 valence electrons. The number of rotatable bonds is 7. The summed E-state index contributed by atoms with van der Waals surface area (Å²) in [6.45, 7) is 2.14. The van der Waals surface area contributed by atoms with E-state index in [0.717, 1.165) is 5.56 Å². The number of aliphatic hydroxyl groups is 2. The van der Waals surface area contributed by atoms with Crippen LogP contribution in [0.5, 0.6) is 0 Å². The van der Waals surface area contributed by atoms with E-state index in [0.29, 0.717) is 35.3 Å². The van der Waals surface area contributed by atoms with Gasteiger partial charge in [0.2, 0.25) is 11.5 Å². The molecule has 1 aromatic carbocycles. The van der Waals surface area contributed by atoms with E-state index in [1.165, 1.54) is 4.90 Å². The zero-order chi connectivity index (χ0) is 25.3. The van der Waals surface area contributed by atoms with Crippen LogP contribution in [0.2, 0.25) is 0 Å². The number of hydrogen-bond acceptors (Lipinski definition) is 9. The fourth-order valence-electron chi connectivity index (χ4n) is 4.25. The second kappa shape index (κ2) is 9.48. The van der Waals surface area contributed by atoms with Crippen molar-refractivity contribution in [3.63, 3.8) is 0 Å². The van der Waals surface area contributed by atoms with Gasteiger partial charge in [0.25, 0.3) is 5.91 Å². The van der Waals surface area contributed by atoms with E-state index < -0.39 is 23.7 Å². The summed E-state index contributed by atoms with van der Waals surface area (Å²) >= 11 is 0. The Hall–Kier alpha value is -4.15. The number of pyridine rings is 1. The molecule has 1 unspecified atom stereocenters. The normalized spacial score (nSPS) is 19.3. The minimum Gasteiger partial charge on any atom is -0.391 e. The smallest absolute Gasteiger partial charge is 0.262 e. The molecule has 0 saturated carbocycles. The van der Waals surface area contributed by atoms with E-state index in [9.17, 15) is 15.0 Å². The van der Waals surface area contributed by atoms with Crippen molar-refractivity contribution in [1.82, 2.24) is 25.0 Å². The van der Waals surface area contributed by atoms with Gasteiger partial charge in [-0.2, -0.15) is 0 Å². The third kappa shape index (κ3) is 4.43. The number of amides is 1. The van der Waals surface area contributed by atoms with Crippen molar-refractivity contribution in [2.45, 2.75) is 31.1 Å². The van der Waals surface area contributed by atoms with Gasteiger partial charge in [0.15, 0.2) is 5.76 Å². The molecule has 1 aliphatic heterocycles. The molecule has 1 fully saturated rings. The lowest BCUT2D eigenvalue weighted by Gasteiger charge is -2.22. The summed E-state index contributed by atoms with van der Waals surface area (Å²) in [5.41, 5.74) is 1.24. The second-order valence-electron chi connectivity index (χ2n) is 8.86. The summed E-state index contributed by atoms with van der Waals surface area (Å²) in [5.74, 6) is 0.0286. The number of nitrogens with zero attached hydrogens (tertiary/aromatic N) is 5. The van der Waals surface area contributed by atoms with Gasteiger partial charge in [-0.15, -0.1) is 0 Å². The molecule has 0 radical (unpaired) electrons. The highest BCUT2D eigenvalue weighted by Gasteiger charge is 2.48. The van der Waals surface area contributed by atoms with Gasteiger partial charge in [-0.05, 0) is 30.7 Å². The topological polar surface area (TPSA) is 138 Å². The van der Waals surface area contributed by atoms with Crippen molar-refractivity contribution in [2.75, 3.05) is 18.9 Å². The Balaban J connectivity index is 1.40. The molecule has 10 heteroatoms. The standard InChI is InChI=1S/C26H26N6O4/c1-16(33)23(17-7-4-3-5-8-17)30-25-27-13-11-20(29-25)18-9-6-10-19(28-18)21-15-22(36-31-21)26(35)12-14-32(2)24(26)34/h3-11,13,15-16,23,33,35H,12,14H2,1-2H3,(H,27,29,30)/t16-,23-,26?/m1/s1. The molecule has 1 aliphatic rings. The van der Waals surface area contributed by atoms with E-state index in [4.69, 9.17) is 4.52 Å². The molecular weight excluding hydrogens is 460 g/mol. The maximum Gasteiger partial charge on any atom is 0.262 e. The molecule has 3 atom stereocenters. The SMILES string of the molecule is C[C@@H](O)[C@@H](Nc1nccc(-c2cccc(-c3cc(C4(O)CCN(C)C4=O)on3)n2)n1)c1ccccc1. The highest BCUT2D eigenvalue weighted by Crippen LogP contribution is 2.34. The van der Waals surface area contributed by atoms with Crippen LogP contribution in [0.4, 0.5) is 5.95 Å². The van der Waals surface area contributed by atoms with Crippen molar-refractivity contribution in [1.29, 1.82) is 0 Å². The van der Waals surface area contributed by atoms with Crippen molar-refractivity contribution >= 4 is 11.9 Å². The van der Waals surface area contributed by atoms with Gasteiger partial charge >= 0.3 is 0 Å². The van der Waals surface area contributed by atoms with Crippen LogP contribution in [0.1, 0.15) is 30.7 Å². The van der Waals surface area contributed by atoms with Gasteiger partial charge in [0, 0.05) is 32.3 Å². The van der Waals surface area contributed by atoms with Gasteiger partial charge in [-0.25, -0.2) is 15.0 Å². The molecule has 5 rings (SSSR count). The molecule has 3 N–H and O–H groups in total. The van der Waals surface area contributed by atoms with Crippen LogP contribution in [0.15, 0.2) is 71.4 Å². The van der Waals surface area contributed by atoms with Crippen LogP contribution in [0.3, 0.4) is 0 Å². The molecule has 10 nitrogen and oxygen atoms in total. The average molecular weight is 487 g/mol. The first-order valence-corrected chi connectivity index (χ1v) is 11.6. The van der Waals surface area contributed by atoms with Crippen LogP contribution in [-0.2, 0) is 10.4 Å². The predicted octanol–water partition coefficient (Wildman–Crippen LogP) is 2.78. The minimum absolute atomic E-state index is 0.0950. The van der Waals surface area contributed by atoms with Gasteiger partial charge in [-0.3, -0.25) is 4.79 Å². The van der Waals surface area contributed by atoms with E-state index in [1.807, 2.05) is 42.5 Å². The van der Waals surface area contributed by atoms with Crippen LogP contribution < -0.4 is 5.32 Å². The number of benzene rings is 1. The fraction of sp³-hybridized carbons (Fsp3) is 0.269. The van der Waals surface area contributed by atoms with Gasteiger partial charge < -0.3 is 25.0 Å². The van der Waals surface area contributed by atoms with Crippen LogP contribution in [0.25, 0.3) is 22.8 Å². The highest BCUT2D eigenvalue weighted by molar-refractivity contribution is 5.87. The minimum atomic E-state index is -1.72. The Kier molecular flexibility index (Phi) is 6.21. The number of hydrogen-bond donors (Lipinski definition) is 3. The molecule has 1 saturated heterocycles. The summed E-state index contributed by atoms with van der Waals surface area (Å²) in [6, 6.07) is 17.9. The average Bonchev–Trinajstić information content (AvgIpc) is 3.50. The summed E-state index contributed by atoms with van der Waals surface area (Å²) in [6.07, 6.45) is 1.18. The number of nitrogens with one attached hydrogen (secondary N) is 1. The zero-order valence-electron chi connectivity index (χ0n) is 19.9. The molecule has 36 heavy (non-hydrogen) atoms. The van der Waals surface area contributed by atoms with Crippen LogP contribution >= 0.6 is 0 Å². The molecule has 0 bridgehead atoms. The highest BCUT2D eigenvalue weighted by atomic mass is 16.5. The first-order valence-electron chi connectivity index (χ1n) is 11.6. The maximum absolute atomic E-state index is 12.4. The van der Waals surface area contributed by atoms with E-state index in [-0.39, 0.29) is 12.2 Å². The molecule has 0 spiro atoms. The Morgan fingerprint density at radius 2 is 1.75 bits per heavy atom. The summed E-state index contributed by atoms with van der Waals surface area (Å²) in [7, 11) is 1.64. The number of aliphatic hydroxyl groups excluding tert-OH is 1. The number of likely N-dealkylation sites (tertiary alicyclic amines) is 1. The lowest BCUT2D eigenvalue weighted by molar-refractivity contribution is -0.144. The largest absolute Gasteiger partial charge is 0.391 e. The fourth-order valence-corrected chi connectivity index (χ4v) is 4.25. The van der Waals surface area contributed by atoms with Crippen molar-refractivity contribution < 1.29 is 19.5 Å². The predicted molar refractivity (Wildman–Crippen MR) is 131 cm³/mol. The Labute approximate surface area is 207 Å². The zero-order valence-corrected chi connectivity index (χ0v) is 19.9. The summed E-state index contributed by atoms with van der Waals surface area (Å²) < 4.78 is 5.35. The molecule has 4 aromatic rings. The summed E-state index contributed by atoms with van der Waals surface area (Å²) in [4.78, 5) is 27.4. The maximum atomic E-state index is 12.4. The monoisotopic (exact) mass is 486 g/mol. The second-order valence-corrected chi connectivity index (χ2v) is 8.86. The lowest BCUT2D eigenvalue weighted by Crippen LogP contribution is -2.35. The van der Waals surface area contributed by atoms with Gasteiger partial charge in [0.05, 0.1) is 29.2 Å². The summed E-state index contributed by atoms with van der Waals surface area (Å²) in [5, 5.41) is 28.4. The van der Waals surface area contributed by atoms with Crippen molar-refractivity contribution in [3.8, 4) is 22.8 Å². The molecule has 3 aromatic heterocycles. The van der Waals surface area contributed by atoms with Crippen LogP contribution in [0, 0.1) is 0 Å². The van der Waals surface area contributed by atoms with Crippen molar-refractivity contribution in [3.05, 3.63) is 78.2 Å². The van der Waals surface area contributed by atoms with Gasteiger partial charge in [-0.1, -0.05) is 41.6 Å². The first-order chi connectivity index (χ1) is 17.3. The third-order valence-corrected chi connectivity index (χ3v) is 6.28. The molecule has 1 amide bonds. The third-order valence-electron chi connectivity index (χ3n) is 6.28. The Morgan fingerprint density at radius 1 is 1.03 bits per heavy atom.